The SMILES string of the molecule is CCCN(CCC)c1cnnc(Nc2c(C)cc(C)cc2C)n1. The van der Waals surface area contributed by atoms with E-state index in [2.05, 4.69) is 72.1 Å². The Morgan fingerprint density at radius 3 is 2.17 bits per heavy atom. The van der Waals surface area contributed by atoms with Gasteiger partial charge in [0.1, 0.15) is 0 Å². The number of nitrogens with zero attached hydrogens (tertiary/aromatic N) is 4. The van der Waals surface area contributed by atoms with Crippen molar-refractivity contribution in [3.8, 4) is 0 Å². The van der Waals surface area contributed by atoms with Gasteiger partial charge in [0.15, 0.2) is 5.82 Å². The summed E-state index contributed by atoms with van der Waals surface area (Å²) in [5.74, 6) is 1.43. The molecule has 0 aliphatic carbocycles. The van der Waals surface area contributed by atoms with Crippen LogP contribution in [0.2, 0.25) is 0 Å². The van der Waals surface area contributed by atoms with Crippen molar-refractivity contribution < 1.29 is 0 Å². The molecule has 124 valence electrons. The van der Waals surface area contributed by atoms with Gasteiger partial charge in [0.25, 0.3) is 0 Å². The van der Waals surface area contributed by atoms with Gasteiger partial charge in [-0.1, -0.05) is 31.5 Å². The molecule has 0 aliphatic heterocycles. The minimum atomic E-state index is 0.551. The molecule has 0 amide bonds. The first-order valence-corrected chi connectivity index (χ1v) is 8.34. The second kappa shape index (κ2) is 7.90. The van der Waals surface area contributed by atoms with E-state index in [4.69, 9.17) is 0 Å². The third-order valence-electron chi connectivity index (χ3n) is 3.77. The van der Waals surface area contributed by atoms with Gasteiger partial charge in [-0.15, -0.1) is 5.10 Å². The molecule has 1 heterocycles. The van der Waals surface area contributed by atoms with Crippen LogP contribution in [0.15, 0.2) is 18.3 Å². The molecule has 0 saturated heterocycles. The second-order valence-electron chi connectivity index (χ2n) is 6.02. The van der Waals surface area contributed by atoms with Crippen molar-refractivity contribution in [1.29, 1.82) is 0 Å². The largest absolute Gasteiger partial charge is 0.355 e. The molecule has 0 spiro atoms. The molecule has 5 nitrogen and oxygen atoms in total. The van der Waals surface area contributed by atoms with Crippen LogP contribution in [0.5, 0.6) is 0 Å². The van der Waals surface area contributed by atoms with Crippen molar-refractivity contribution in [2.45, 2.75) is 47.5 Å². The topological polar surface area (TPSA) is 53.9 Å². The molecule has 1 aromatic carbocycles. The number of benzene rings is 1. The standard InChI is InChI=1S/C18H27N5/c1-6-8-23(9-7-2)16-12-19-22-18(20-16)21-17-14(4)10-13(3)11-15(17)5/h10-12H,6-9H2,1-5H3,(H,20,21,22). The van der Waals surface area contributed by atoms with Gasteiger partial charge in [0.05, 0.1) is 6.20 Å². The zero-order chi connectivity index (χ0) is 16.8. The molecule has 0 aliphatic rings. The number of aryl methyl sites for hydroxylation is 3. The number of anilines is 3. The van der Waals surface area contributed by atoms with Gasteiger partial charge in [0.2, 0.25) is 5.95 Å². The third kappa shape index (κ3) is 4.41. The molecule has 2 rings (SSSR count). The molecular formula is C18H27N5. The molecule has 0 atom stereocenters. The highest BCUT2D eigenvalue weighted by Gasteiger charge is 2.10. The lowest BCUT2D eigenvalue weighted by Crippen LogP contribution is -2.26. The summed E-state index contributed by atoms with van der Waals surface area (Å²) in [4.78, 5) is 6.91. The summed E-state index contributed by atoms with van der Waals surface area (Å²) in [7, 11) is 0. The number of rotatable bonds is 7. The lowest BCUT2D eigenvalue weighted by Gasteiger charge is -2.22. The predicted octanol–water partition coefficient (Wildman–Crippen LogP) is 4.17. The van der Waals surface area contributed by atoms with Crippen molar-refractivity contribution in [3.63, 3.8) is 0 Å². The second-order valence-corrected chi connectivity index (χ2v) is 6.02. The van der Waals surface area contributed by atoms with Gasteiger partial charge < -0.3 is 10.2 Å². The van der Waals surface area contributed by atoms with Crippen molar-refractivity contribution in [3.05, 3.63) is 35.0 Å². The first-order valence-electron chi connectivity index (χ1n) is 8.34. The smallest absolute Gasteiger partial charge is 0.249 e. The fourth-order valence-electron chi connectivity index (χ4n) is 2.87. The first-order chi connectivity index (χ1) is 11.0. The molecule has 23 heavy (non-hydrogen) atoms. The van der Waals surface area contributed by atoms with E-state index in [-0.39, 0.29) is 0 Å². The van der Waals surface area contributed by atoms with Crippen LogP contribution in [0.25, 0.3) is 0 Å². The van der Waals surface area contributed by atoms with Gasteiger partial charge in [-0.05, 0) is 44.7 Å². The van der Waals surface area contributed by atoms with Gasteiger partial charge in [0, 0.05) is 18.8 Å². The molecular weight excluding hydrogens is 286 g/mol. The first kappa shape index (κ1) is 17.2. The third-order valence-corrected chi connectivity index (χ3v) is 3.77. The zero-order valence-electron chi connectivity index (χ0n) is 14.8. The van der Waals surface area contributed by atoms with Crippen molar-refractivity contribution >= 4 is 17.5 Å². The summed E-state index contributed by atoms with van der Waals surface area (Å²) in [6.07, 6.45) is 3.91. The van der Waals surface area contributed by atoms with Crippen LogP contribution in [0.1, 0.15) is 43.4 Å². The molecule has 2 aromatic rings. The van der Waals surface area contributed by atoms with E-state index in [9.17, 15) is 0 Å². The summed E-state index contributed by atoms with van der Waals surface area (Å²) in [5.41, 5.74) is 4.70. The highest BCUT2D eigenvalue weighted by Crippen LogP contribution is 2.24. The van der Waals surface area contributed by atoms with Crippen LogP contribution >= 0.6 is 0 Å². The Balaban J connectivity index is 2.26. The highest BCUT2D eigenvalue weighted by molar-refractivity contribution is 5.64. The summed E-state index contributed by atoms with van der Waals surface area (Å²) in [6, 6.07) is 4.32. The highest BCUT2D eigenvalue weighted by atomic mass is 15.3. The monoisotopic (exact) mass is 313 g/mol. The van der Waals surface area contributed by atoms with Crippen molar-refractivity contribution in [1.82, 2.24) is 15.2 Å². The quantitative estimate of drug-likeness (QED) is 0.831. The maximum absolute atomic E-state index is 4.65. The summed E-state index contributed by atoms with van der Waals surface area (Å²) in [6.45, 7) is 12.6. The van der Waals surface area contributed by atoms with Gasteiger partial charge in [-0.25, -0.2) is 0 Å². The minimum absolute atomic E-state index is 0.551. The molecule has 1 N–H and O–H groups in total. The predicted molar refractivity (Wildman–Crippen MR) is 96.6 cm³/mol. The van der Waals surface area contributed by atoms with Crippen molar-refractivity contribution in [2.24, 2.45) is 0 Å². The summed E-state index contributed by atoms with van der Waals surface area (Å²) in [5, 5.41) is 11.6. The molecule has 1 aromatic heterocycles. The average Bonchev–Trinajstić information content (AvgIpc) is 2.51. The van der Waals surface area contributed by atoms with E-state index in [1.807, 2.05) is 0 Å². The van der Waals surface area contributed by atoms with E-state index in [0.29, 0.717) is 5.95 Å². The Labute approximate surface area is 139 Å². The van der Waals surface area contributed by atoms with E-state index in [1.165, 1.54) is 16.7 Å². The van der Waals surface area contributed by atoms with Crippen LogP contribution in [-0.2, 0) is 0 Å². The van der Waals surface area contributed by atoms with Crippen LogP contribution in [0.4, 0.5) is 17.5 Å². The van der Waals surface area contributed by atoms with E-state index >= 15 is 0 Å². The Hall–Kier alpha value is -2.17. The summed E-state index contributed by atoms with van der Waals surface area (Å²) < 4.78 is 0. The number of hydrogen-bond donors (Lipinski definition) is 1. The average molecular weight is 313 g/mol. The number of aromatic nitrogens is 3. The maximum atomic E-state index is 4.65. The van der Waals surface area contributed by atoms with Crippen LogP contribution < -0.4 is 10.2 Å². The van der Waals surface area contributed by atoms with Gasteiger partial charge in [-0.3, -0.25) is 0 Å². The fraction of sp³-hybridized carbons (Fsp3) is 0.500. The van der Waals surface area contributed by atoms with Gasteiger partial charge in [-0.2, -0.15) is 10.1 Å². The maximum Gasteiger partial charge on any atom is 0.249 e. The van der Waals surface area contributed by atoms with E-state index in [0.717, 1.165) is 37.4 Å². The van der Waals surface area contributed by atoms with Crippen LogP contribution in [0.3, 0.4) is 0 Å². The zero-order valence-corrected chi connectivity index (χ0v) is 14.8. The Morgan fingerprint density at radius 1 is 1.00 bits per heavy atom. The summed E-state index contributed by atoms with van der Waals surface area (Å²) >= 11 is 0. The van der Waals surface area contributed by atoms with Gasteiger partial charge >= 0.3 is 0 Å². The van der Waals surface area contributed by atoms with Crippen molar-refractivity contribution in [2.75, 3.05) is 23.3 Å². The van der Waals surface area contributed by atoms with E-state index in [1.54, 1.807) is 6.20 Å². The molecule has 0 radical (unpaired) electrons. The Kier molecular flexibility index (Phi) is 5.90. The number of nitrogens with one attached hydrogen (secondary N) is 1. The number of hydrogen-bond acceptors (Lipinski definition) is 5. The van der Waals surface area contributed by atoms with E-state index < -0.39 is 0 Å². The lowest BCUT2D eigenvalue weighted by molar-refractivity contribution is 0.728. The Morgan fingerprint density at radius 2 is 1.61 bits per heavy atom. The Bertz CT molecular complexity index is 625. The molecule has 0 fully saturated rings. The minimum Gasteiger partial charge on any atom is -0.355 e. The van der Waals surface area contributed by atoms with Crippen LogP contribution in [0, 0.1) is 20.8 Å². The normalized spacial score (nSPS) is 10.7. The molecule has 0 saturated carbocycles. The molecule has 0 bridgehead atoms. The van der Waals surface area contributed by atoms with Crippen LogP contribution in [-0.4, -0.2) is 28.3 Å². The molecule has 5 heteroatoms. The lowest BCUT2D eigenvalue weighted by atomic mass is 10.1. The fourth-order valence-corrected chi connectivity index (χ4v) is 2.87. The molecule has 0 unspecified atom stereocenters.